The first-order valence-corrected chi connectivity index (χ1v) is 13.1. The Bertz CT molecular complexity index is 1510. The summed E-state index contributed by atoms with van der Waals surface area (Å²) in [6.07, 6.45) is 0. The van der Waals surface area contributed by atoms with Crippen LogP contribution in [0.15, 0.2) is 76.1 Å². The van der Waals surface area contributed by atoms with Crippen molar-refractivity contribution in [1.29, 1.82) is 0 Å². The number of aryl methyl sites for hydroxylation is 1. The van der Waals surface area contributed by atoms with Gasteiger partial charge in [-0.15, -0.1) is 10.2 Å². The summed E-state index contributed by atoms with van der Waals surface area (Å²) in [7, 11) is -3.96. The number of benzene rings is 3. The zero-order chi connectivity index (χ0) is 25.0. The maximum absolute atomic E-state index is 12.9. The summed E-state index contributed by atoms with van der Waals surface area (Å²) in [5, 5.41) is 13.8. The predicted molar refractivity (Wildman–Crippen MR) is 139 cm³/mol. The van der Waals surface area contributed by atoms with Gasteiger partial charge in [0, 0.05) is 26.5 Å². The minimum Gasteiger partial charge on any atom is -0.465 e. The van der Waals surface area contributed by atoms with Gasteiger partial charge in [-0.3, -0.25) is 4.79 Å². The van der Waals surface area contributed by atoms with E-state index in [4.69, 9.17) is 4.74 Å². The van der Waals surface area contributed by atoms with Crippen molar-refractivity contribution < 1.29 is 17.9 Å². The molecule has 4 rings (SSSR count). The van der Waals surface area contributed by atoms with E-state index in [2.05, 4.69) is 36.2 Å². The number of aromatic nitrogens is 2. The van der Waals surface area contributed by atoms with Crippen LogP contribution >= 0.6 is 15.9 Å². The minimum atomic E-state index is -3.96. The lowest BCUT2D eigenvalue weighted by Crippen LogP contribution is -2.31. The molecule has 1 aromatic heterocycles. The van der Waals surface area contributed by atoms with E-state index in [1.54, 1.807) is 32.0 Å². The summed E-state index contributed by atoms with van der Waals surface area (Å²) >= 11 is 3.47. The molecule has 0 atom stereocenters. The Labute approximate surface area is 211 Å². The Hall–Kier alpha value is -3.34. The normalized spacial score (nSPS) is 11.4. The lowest BCUT2D eigenvalue weighted by atomic mass is 10.0. The first-order valence-electron chi connectivity index (χ1n) is 10.8. The van der Waals surface area contributed by atoms with Gasteiger partial charge in [0.2, 0.25) is 10.0 Å². The Kier molecular flexibility index (Phi) is 7.44. The van der Waals surface area contributed by atoms with Crippen LogP contribution in [0.5, 0.6) is 0 Å². The molecule has 0 spiro atoms. The van der Waals surface area contributed by atoms with Crippen LogP contribution in [0.25, 0.3) is 22.0 Å². The molecule has 3 aromatic carbocycles. The maximum atomic E-state index is 12.9. The standard InChI is InChI=1S/C25H23BrN4O4S/c1-3-34-23(31)15-27-35(32,33)22-13-17(12-11-16(22)2)24-20-9-4-5-10-21(20)25(30-29-24)28-19-8-6-7-18(26)14-19/h4-14,27H,3,15H2,1-2H3,(H,28,30). The summed E-state index contributed by atoms with van der Waals surface area (Å²) in [5.74, 6) is -0.0613. The first kappa shape index (κ1) is 24.8. The number of sulfonamides is 1. The van der Waals surface area contributed by atoms with Crippen LogP contribution in [-0.4, -0.2) is 37.7 Å². The van der Waals surface area contributed by atoms with E-state index >= 15 is 0 Å². The molecule has 0 fully saturated rings. The lowest BCUT2D eigenvalue weighted by molar-refractivity contribution is -0.141. The Morgan fingerprint density at radius 2 is 1.77 bits per heavy atom. The number of esters is 1. The average Bonchev–Trinajstić information content (AvgIpc) is 2.84. The number of nitrogens with zero attached hydrogens (tertiary/aromatic N) is 2. The van der Waals surface area contributed by atoms with Gasteiger partial charge in [0.1, 0.15) is 12.2 Å². The average molecular weight is 555 g/mol. The van der Waals surface area contributed by atoms with E-state index in [0.717, 1.165) is 20.9 Å². The molecule has 2 N–H and O–H groups in total. The van der Waals surface area contributed by atoms with Crippen LogP contribution in [0.3, 0.4) is 0 Å². The number of carbonyl (C=O) groups is 1. The van der Waals surface area contributed by atoms with Crippen molar-refractivity contribution >= 4 is 54.2 Å². The molecule has 1 heterocycles. The minimum absolute atomic E-state index is 0.0570. The van der Waals surface area contributed by atoms with Crippen molar-refractivity contribution in [2.75, 3.05) is 18.5 Å². The van der Waals surface area contributed by atoms with Crippen molar-refractivity contribution in [2.24, 2.45) is 0 Å². The molecule has 180 valence electrons. The molecule has 0 saturated heterocycles. The highest BCUT2D eigenvalue weighted by atomic mass is 79.9. The van der Waals surface area contributed by atoms with Crippen LogP contribution in [0.1, 0.15) is 12.5 Å². The van der Waals surface area contributed by atoms with Crippen molar-refractivity contribution in [1.82, 2.24) is 14.9 Å². The maximum Gasteiger partial charge on any atom is 0.321 e. The second-order valence-corrected chi connectivity index (χ2v) is 10.3. The number of hydrogen-bond acceptors (Lipinski definition) is 7. The van der Waals surface area contributed by atoms with Crippen molar-refractivity contribution in [3.63, 3.8) is 0 Å². The Balaban J connectivity index is 1.73. The Morgan fingerprint density at radius 3 is 2.51 bits per heavy atom. The SMILES string of the molecule is CCOC(=O)CNS(=O)(=O)c1cc(-c2nnc(Nc3cccc(Br)c3)c3ccccc23)ccc1C. The third-order valence-corrected chi connectivity index (χ3v) is 7.27. The lowest BCUT2D eigenvalue weighted by Gasteiger charge is -2.13. The number of nitrogens with one attached hydrogen (secondary N) is 2. The molecular weight excluding hydrogens is 532 g/mol. The number of hydrogen-bond donors (Lipinski definition) is 2. The monoisotopic (exact) mass is 554 g/mol. The van der Waals surface area contributed by atoms with Gasteiger partial charge >= 0.3 is 5.97 Å². The topological polar surface area (TPSA) is 110 Å². The van der Waals surface area contributed by atoms with Crippen LogP contribution in [0, 0.1) is 6.92 Å². The molecule has 0 saturated carbocycles. The van der Waals surface area contributed by atoms with E-state index < -0.39 is 22.5 Å². The predicted octanol–water partition coefficient (Wildman–Crippen LogP) is 4.95. The molecule has 0 radical (unpaired) electrons. The smallest absolute Gasteiger partial charge is 0.321 e. The van der Waals surface area contributed by atoms with Crippen LogP contribution in [0.2, 0.25) is 0 Å². The summed E-state index contributed by atoms with van der Waals surface area (Å²) in [4.78, 5) is 11.7. The van der Waals surface area contributed by atoms with E-state index in [1.165, 1.54) is 0 Å². The molecule has 0 bridgehead atoms. The van der Waals surface area contributed by atoms with E-state index in [1.807, 2.05) is 48.5 Å². The molecule has 0 amide bonds. The van der Waals surface area contributed by atoms with E-state index in [-0.39, 0.29) is 11.5 Å². The molecule has 0 aliphatic heterocycles. The quantitative estimate of drug-likeness (QED) is 0.296. The molecule has 0 aliphatic rings. The largest absolute Gasteiger partial charge is 0.465 e. The van der Waals surface area contributed by atoms with Gasteiger partial charge in [0.25, 0.3) is 0 Å². The highest BCUT2D eigenvalue weighted by Crippen LogP contribution is 2.33. The fourth-order valence-electron chi connectivity index (χ4n) is 3.59. The summed E-state index contributed by atoms with van der Waals surface area (Å²) < 4.78 is 33.9. The molecule has 10 heteroatoms. The summed E-state index contributed by atoms with van der Waals surface area (Å²) in [6, 6.07) is 20.4. The fourth-order valence-corrected chi connectivity index (χ4v) is 5.23. The van der Waals surface area contributed by atoms with E-state index in [0.29, 0.717) is 22.6 Å². The summed E-state index contributed by atoms with van der Waals surface area (Å²) in [5.41, 5.74) is 2.52. The van der Waals surface area contributed by atoms with Gasteiger partial charge in [-0.05, 0) is 43.7 Å². The number of rotatable bonds is 8. The van der Waals surface area contributed by atoms with Gasteiger partial charge in [-0.1, -0.05) is 58.4 Å². The number of carbonyl (C=O) groups excluding carboxylic acids is 1. The molecular formula is C25H23BrN4O4S. The van der Waals surface area contributed by atoms with Crippen molar-refractivity contribution in [3.05, 3.63) is 76.8 Å². The number of halogens is 1. The second kappa shape index (κ2) is 10.5. The molecule has 0 aliphatic carbocycles. The zero-order valence-electron chi connectivity index (χ0n) is 19.1. The second-order valence-electron chi connectivity index (χ2n) is 7.69. The molecule has 35 heavy (non-hydrogen) atoms. The summed E-state index contributed by atoms with van der Waals surface area (Å²) in [6.45, 7) is 3.08. The number of anilines is 2. The first-order chi connectivity index (χ1) is 16.8. The van der Waals surface area contributed by atoms with Crippen molar-refractivity contribution in [2.45, 2.75) is 18.7 Å². The van der Waals surface area contributed by atoms with Gasteiger partial charge in [0.05, 0.1) is 11.5 Å². The molecule has 0 unspecified atom stereocenters. The third-order valence-electron chi connectivity index (χ3n) is 5.24. The van der Waals surface area contributed by atoms with Crippen molar-refractivity contribution in [3.8, 4) is 11.3 Å². The van der Waals surface area contributed by atoms with Gasteiger partial charge in [-0.2, -0.15) is 4.72 Å². The van der Waals surface area contributed by atoms with Gasteiger partial charge in [0.15, 0.2) is 5.82 Å². The van der Waals surface area contributed by atoms with Crippen LogP contribution in [0.4, 0.5) is 11.5 Å². The number of ether oxygens (including phenoxy) is 1. The zero-order valence-corrected chi connectivity index (χ0v) is 21.5. The Morgan fingerprint density at radius 1 is 1.00 bits per heavy atom. The van der Waals surface area contributed by atoms with Gasteiger partial charge in [-0.25, -0.2) is 8.42 Å². The number of fused-ring (bicyclic) bond motifs is 1. The highest BCUT2D eigenvalue weighted by Gasteiger charge is 2.20. The van der Waals surface area contributed by atoms with Gasteiger partial charge < -0.3 is 10.1 Å². The third kappa shape index (κ3) is 5.67. The molecule has 4 aromatic rings. The fraction of sp³-hybridized carbons (Fsp3) is 0.160. The highest BCUT2D eigenvalue weighted by molar-refractivity contribution is 9.10. The van der Waals surface area contributed by atoms with Crippen LogP contribution < -0.4 is 10.0 Å². The molecule has 8 nitrogen and oxygen atoms in total. The van der Waals surface area contributed by atoms with Crippen LogP contribution in [-0.2, 0) is 19.6 Å². The van der Waals surface area contributed by atoms with E-state index in [9.17, 15) is 13.2 Å².